The van der Waals surface area contributed by atoms with Gasteiger partial charge in [0.2, 0.25) is 11.7 Å². The third-order valence-corrected chi connectivity index (χ3v) is 3.07. The van der Waals surface area contributed by atoms with Crippen LogP contribution in [0.4, 0.5) is 5.69 Å². The predicted molar refractivity (Wildman–Crippen MR) is 82.3 cm³/mol. The molecule has 0 saturated carbocycles. The van der Waals surface area contributed by atoms with Gasteiger partial charge >= 0.3 is 5.97 Å². The van der Waals surface area contributed by atoms with Crippen molar-refractivity contribution < 1.29 is 23.7 Å². The number of aliphatic imine (C=N–C) groups is 2. The Balaban J connectivity index is 2.82. The van der Waals surface area contributed by atoms with Crippen molar-refractivity contribution >= 4 is 23.6 Å². The number of nitrogens with zero attached hydrogens (tertiary/aromatic N) is 2. The summed E-state index contributed by atoms with van der Waals surface area (Å²) in [5.74, 6) is -0.388. The summed E-state index contributed by atoms with van der Waals surface area (Å²) in [6.07, 6.45) is 0. The van der Waals surface area contributed by atoms with E-state index in [4.69, 9.17) is 36.1 Å². The van der Waals surface area contributed by atoms with E-state index in [1.165, 1.54) is 21.3 Å². The Morgan fingerprint density at radius 3 is 2.17 bits per heavy atom. The molecule has 1 aliphatic rings. The van der Waals surface area contributed by atoms with Crippen LogP contribution >= 0.6 is 0 Å². The molecule has 2 rings (SSSR count). The largest absolute Gasteiger partial charge is 0.492 e. The number of benzene rings is 1. The maximum atomic E-state index is 12.1. The number of esters is 1. The molecule has 1 aliphatic heterocycles. The van der Waals surface area contributed by atoms with Crippen LogP contribution in [0.25, 0.3) is 0 Å². The van der Waals surface area contributed by atoms with E-state index in [0.717, 1.165) is 0 Å². The molecule has 0 atom stereocenters. The van der Waals surface area contributed by atoms with E-state index in [2.05, 4.69) is 9.98 Å². The average Bonchev–Trinajstić information content (AvgIpc) is 2.87. The molecule has 124 valence electrons. The molecule has 1 aromatic rings. The highest BCUT2D eigenvalue weighted by atomic mass is 16.5. The summed E-state index contributed by atoms with van der Waals surface area (Å²) in [6, 6.07) is 0. The first kappa shape index (κ1) is 16.2. The lowest BCUT2D eigenvalue weighted by atomic mass is 10.0. The van der Waals surface area contributed by atoms with Crippen LogP contribution in [0.2, 0.25) is 0 Å². The Morgan fingerprint density at radius 2 is 1.65 bits per heavy atom. The first-order chi connectivity index (χ1) is 10.9. The molecule has 1 aromatic carbocycles. The summed E-state index contributed by atoms with van der Waals surface area (Å²) >= 11 is 0. The lowest BCUT2D eigenvalue weighted by Crippen LogP contribution is -2.26. The number of ether oxygens (including phenoxy) is 4. The molecule has 10 nitrogen and oxygen atoms in total. The van der Waals surface area contributed by atoms with Gasteiger partial charge in [-0.3, -0.25) is 0 Å². The number of nitrogens with two attached hydrogens (primary N) is 3. The first-order valence-electron chi connectivity index (χ1n) is 6.40. The van der Waals surface area contributed by atoms with Crippen LogP contribution in [0.5, 0.6) is 17.2 Å². The average molecular weight is 323 g/mol. The van der Waals surface area contributed by atoms with Crippen molar-refractivity contribution in [1.82, 2.24) is 0 Å². The third-order valence-electron chi connectivity index (χ3n) is 3.07. The van der Waals surface area contributed by atoms with Gasteiger partial charge in [-0.25, -0.2) is 9.79 Å². The molecule has 1 heterocycles. The smallest absolute Gasteiger partial charge is 0.341 e. The zero-order chi connectivity index (χ0) is 17.1. The Hall–Kier alpha value is -3.17. The lowest BCUT2D eigenvalue weighted by Gasteiger charge is -2.17. The van der Waals surface area contributed by atoms with Crippen molar-refractivity contribution in [2.24, 2.45) is 27.2 Å². The van der Waals surface area contributed by atoms with Crippen LogP contribution in [0.3, 0.4) is 0 Å². The standard InChI is InChI=1S/C13H17N5O5/c1-20-8-5-4-23-11(19)6(5)7(9(21-2)10(8)22-3)17-13(16)18-12(14)15/h4H2,1-3H3,(H6,14,15,16,17,18). The Bertz CT molecular complexity index is 709. The highest BCUT2D eigenvalue weighted by Gasteiger charge is 2.35. The van der Waals surface area contributed by atoms with E-state index >= 15 is 0 Å². The minimum absolute atomic E-state index is 0.0163. The maximum Gasteiger partial charge on any atom is 0.341 e. The lowest BCUT2D eigenvalue weighted by molar-refractivity contribution is 0.0534. The molecule has 0 bridgehead atoms. The molecule has 23 heavy (non-hydrogen) atoms. The number of rotatable bonds is 4. The second kappa shape index (κ2) is 6.30. The van der Waals surface area contributed by atoms with Gasteiger partial charge in [0.05, 0.1) is 32.5 Å². The fraction of sp³-hybridized carbons (Fsp3) is 0.308. The minimum atomic E-state index is -0.587. The van der Waals surface area contributed by atoms with Crippen molar-refractivity contribution in [3.05, 3.63) is 11.1 Å². The number of methoxy groups -OCH3 is 3. The van der Waals surface area contributed by atoms with E-state index in [1.54, 1.807) is 0 Å². The summed E-state index contributed by atoms with van der Waals surface area (Å²) in [4.78, 5) is 19.7. The number of hydrogen-bond donors (Lipinski definition) is 3. The molecule has 10 heteroatoms. The van der Waals surface area contributed by atoms with E-state index in [-0.39, 0.29) is 41.3 Å². The van der Waals surface area contributed by atoms with Gasteiger partial charge in [0.25, 0.3) is 0 Å². The van der Waals surface area contributed by atoms with Crippen LogP contribution in [0, 0.1) is 0 Å². The third kappa shape index (κ3) is 2.78. The summed E-state index contributed by atoms with van der Waals surface area (Å²) in [5, 5.41) is 0. The number of cyclic esters (lactones) is 1. The van der Waals surface area contributed by atoms with Gasteiger partial charge in [0.1, 0.15) is 12.3 Å². The topological polar surface area (TPSA) is 157 Å². The van der Waals surface area contributed by atoms with E-state index in [1.807, 2.05) is 0 Å². The second-order valence-electron chi connectivity index (χ2n) is 4.38. The summed E-state index contributed by atoms with van der Waals surface area (Å²) in [7, 11) is 4.26. The van der Waals surface area contributed by atoms with Gasteiger partial charge in [-0.1, -0.05) is 0 Å². The molecule has 0 spiro atoms. The number of guanidine groups is 2. The monoisotopic (exact) mass is 323 g/mol. The van der Waals surface area contributed by atoms with Crippen LogP contribution < -0.4 is 31.4 Å². The fourth-order valence-electron chi connectivity index (χ4n) is 2.25. The van der Waals surface area contributed by atoms with Crippen LogP contribution in [0.15, 0.2) is 9.98 Å². The van der Waals surface area contributed by atoms with Gasteiger partial charge in [0.15, 0.2) is 17.5 Å². The van der Waals surface area contributed by atoms with E-state index in [0.29, 0.717) is 11.3 Å². The highest BCUT2D eigenvalue weighted by Crippen LogP contribution is 2.51. The van der Waals surface area contributed by atoms with Crippen molar-refractivity contribution in [3.8, 4) is 17.2 Å². The number of carbonyl (C=O) groups is 1. The summed E-state index contributed by atoms with van der Waals surface area (Å²) in [6.45, 7) is 0.0163. The number of fused-ring (bicyclic) bond motifs is 1. The van der Waals surface area contributed by atoms with Gasteiger partial charge in [-0.05, 0) is 0 Å². The van der Waals surface area contributed by atoms with Crippen molar-refractivity contribution in [2.45, 2.75) is 6.61 Å². The molecule has 0 amide bonds. The molecule has 0 unspecified atom stereocenters. The number of hydrogen-bond acceptors (Lipinski definition) is 6. The Labute approximate surface area is 131 Å². The van der Waals surface area contributed by atoms with E-state index < -0.39 is 5.97 Å². The molecular formula is C13H17N5O5. The van der Waals surface area contributed by atoms with Crippen molar-refractivity contribution in [3.63, 3.8) is 0 Å². The fourth-order valence-corrected chi connectivity index (χ4v) is 2.25. The van der Waals surface area contributed by atoms with E-state index in [9.17, 15) is 4.79 Å². The van der Waals surface area contributed by atoms with Crippen molar-refractivity contribution in [1.29, 1.82) is 0 Å². The van der Waals surface area contributed by atoms with Crippen molar-refractivity contribution in [2.75, 3.05) is 21.3 Å². The van der Waals surface area contributed by atoms with Gasteiger partial charge in [-0.2, -0.15) is 4.99 Å². The SMILES string of the molecule is COc1c2c(c(N=C(N)N=C(N)N)c(OC)c1OC)C(=O)OC2. The zero-order valence-corrected chi connectivity index (χ0v) is 12.9. The quantitative estimate of drug-likeness (QED) is 0.384. The number of carbonyl (C=O) groups excluding carboxylic acids is 1. The molecule has 6 N–H and O–H groups in total. The summed E-state index contributed by atoms with van der Waals surface area (Å²) < 4.78 is 21.0. The second-order valence-corrected chi connectivity index (χ2v) is 4.38. The summed E-state index contributed by atoms with van der Waals surface area (Å²) in [5.41, 5.74) is 16.9. The molecule has 0 radical (unpaired) electrons. The van der Waals surface area contributed by atoms with Gasteiger partial charge in [-0.15, -0.1) is 0 Å². The van der Waals surface area contributed by atoms with Gasteiger partial charge in [0, 0.05) is 0 Å². The molecule has 0 fully saturated rings. The van der Waals surface area contributed by atoms with Crippen LogP contribution in [-0.4, -0.2) is 39.2 Å². The zero-order valence-electron chi connectivity index (χ0n) is 12.9. The molecule has 0 aromatic heterocycles. The first-order valence-corrected chi connectivity index (χ1v) is 6.40. The highest BCUT2D eigenvalue weighted by molar-refractivity contribution is 6.04. The molecule has 0 aliphatic carbocycles. The van der Waals surface area contributed by atoms with Crippen LogP contribution in [0.1, 0.15) is 15.9 Å². The Morgan fingerprint density at radius 1 is 1.04 bits per heavy atom. The van der Waals surface area contributed by atoms with Gasteiger partial charge < -0.3 is 36.1 Å². The van der Waals surface area contributed by atoms with Crippen LogP contribution in [-0.2, 0) is 11.3 Å². The molecular weight excluding hydrogens is 306 g/mol. The minimum Gasteiger partial charge on any atom is -0.492 e. The Kier molecular flexibility index (Phi) is 4.44. The normalized spacial score (nSPS) is 13.2. The maximum absolute atomic E-state index is 12.1. The molecule has 0 saturated heterocycles. The predicted octanol–water partition coefficient (Wildman–Crippen LogP) is -0.398.